The number of rotatable bonds is 5. The van der Waals surface area contributed by atoms with Crippen LogP contribution in [0.3, 0.4) is 0 Å². The fourth-order valence-electron chi connectivity index (χ4n) is 8.74. The molecule has 10 rings (SSSR count). The van der Waals surface area contributed by atoms with Crippen molar-refractivity contribution in [2.75, 3.05) is 0 Å². The summed E-state index contributed by atoms with van der Waals surface area (Å²) in [4.78, 5) is 0. The highest BCUT2D eigenvalue weighted by Crippen LogP contribution is 2.57. The highest BCUT2D eigenvalue weighted by atomic mass is 16.5. The van der Waals surface area contributed by atoms with Crippen LogP contribution in [-0.2, 0) is 5.41 Å². The Kier molecular flexibility index (Phi) is 6.89. The fourth-order valence-corrected chi connectivity index (χ4v) is 8.74. The predicted molar refractivity (Wildman–Crippen MR) is 211 cm³/mol. The Morgan fingerprint density at radius 2 is 1.22 bits per heavy atom. The lowest BCUT2D eigenvalue weighted by Gasteiger charge is -2.45. The largest absolute Gasteiger partial charge is 0.457 e. The molecule has 0 amide bonds. The summed E-state index contributed by atoms with van der Waals surface area (Å²) in [5, 5.41) is 2.53. The maximum atomic E-state index is 6.68. The van der Waals surface area contributed by atoms with Crippen LogP contribution in [0.25, 0.3) is 49.7 Å². The van der Waals surface area contributed by atoms with Crippen molar-refractivity contribution in [1.29, 1.82) is 0 Å². The van der Waals surface area contributed by atoms with Crippen molar-refractivity contribution in [2.24, 2.45) is 5.92 Å². The number of ether oxygens (including phenoxy) is 1. The number of hydrogen-bond acceptors (Lipinski definition) is 1. The van der Waals surface area contributed by atoms with Gasteiger partial charge in [-0.1, -0.05) is 152 Å². The number of nitrogens with zero attached hydrogens (tertiary/aromatic N) is 1. The molecule has 1 aliphatic carbocycles. The van der Waals surface area contributed by atoms with Crippen molar-refractivity contribution in [3.05, 3.63) is 211 Å². The normalized spacial score (nSPS) is 17.6. The molecule has 0 N–H and O–H groups in total. The van der Waals surface area contributed by atoms with E-state index in [1.165, 1.54) is 66.4 Å². The minimum atomic E-state index is -0.411. The van der Waals surface area contributed by atoms with Gasteiger partial charge >= 0.3 is 0 Å². The van der Waals surface area contributed by atoms with Crippen molar-refractivity contribution in [3.63, 3.8) is 0 Å². The second-order valence-electron chi connectivity index (χ2n) is 13.6. The molecule has 2 heteroatoms. The van der Waals surface area contributed by atoms with Crippen LogP contribution < -0.4 is 4.74 Å². The van der Waals surface area contributed by atoms with Gasteiger partial charge in [0.25, 0.3) is 0 Å². The first-order chi connectivity index (χ1) is 25.3. The van der Waals surface area contributed by atoms with Crippen LogP contribution in [0, 0.1) is 5.92 Å². The Hall–Kier alpha value is -6.38. The lowest BCUT2D eigenvalue weighted by atomic mass is 9.59. The standard InChI is InChI=1S/C49H35NO/c1-4-15-37(16-5-1)49(38-17-6-2-7-18-38)42-23-11-13-26-46(42)51-47-32-31-36(33-43(47)49)34-27-29-35(30-28-34)40-22-14-25-45-48(40)41-21-10-12-24-44(41)50(45)39-19-8-3-9-20-39/h1-17,19-33,38H,18H2. The van der Waals surface area contributed by atoms with Gasteiger partial charge in [-0.3, -0.25) is 0 Å². The van der Waals surface area contributed by atoms with E-state index in [1.54, 1.807) is 0 Å². The second kappa shape index (κ2) is 11.9. The van der Waals surface area contributed by atoms with E-state index in [9.17, 15) is 0 Å². The molecule has 0 radical (unpaired) electrons. The molecular formula is C49H35NO. The zero-order chi connectivity index (χ0) is 33.8. The van der Waals surface area contributed by atoms with Gasteiger partial charge in [-0.15, -0.1) is 0 Å². The Bertz CT molecular complexity index is 2630. The van der Waals surface area contributed by atoms with E-state index >= 15 is 0 Å². The van der Waals surface area contributed by atoms with Crippen LogP contribution in [0.2, 0.25) is 0 Å². The molecule has 0 spiro atoms. The van der Waals surface area contributed by atoms with E-state index in [1.807, 2.05) is 0 Å². The van der Waals surface area contributed by atoms with Crippen LogP contribution in [0.1, 0.15) is 23.1 Å². The van der Waals surface area contributed by atoms with Gasteiger partial charge in [0, 0.05) is 27.6 Å². The van der Waals surface area contributed by atoms with Gasteiger partial charge < -0.3 is 9.30 Å². The van der Waals surface area contributed by atoms with Crippen molar-refractivity contribution >= 4 is 21.8 Å². The van der Waals surface area contributed by atoms with E-state index in [2.05, 4.69) is 199 Å². The molecule has 2 aliphatic rings. The molecule has 2 nitrogen and oxygen atoms in total. The molecule has 1 aliphatic heterocycles. The van der Waals surface area contributed by atoms with E-state index in [-0.39, 0.29) is 5.92 Å². The number of fused-ring (bicyclic) bond motifs is 5. The third kappa shape index (κ3) is 4.57. The monoisotopic (exact) mass is 653 g/mol. The summed E-state index contributed by atoms with van der Waals surface area (Å²) < 4.78 is 9.06. The lowest BCUT2D eigenvalue weighted by Crippen LogP contribution is -2.39. The Morgan fingerprint density at radius 3 is 2.04 bits per heavy atom. The predicted octanol–water partition coefficient (Wildman–Crippen LogP) is 12.7. The molecule has 7 aromatic carbocycles. The molecule has 0 fully saturated rings. The first-order valence-electron chi connectivity index (χ1n) is 17.8. The van der Waals surface area contributed by atoms with Crippen molar-refractivity contribution in [1.82, 2.24) is 4.57 Å². The highest BCUT2D eigenvalue weighted by Gasteiger charge is 2.48. The van der Waals surface area contributed by atoms with Gasteiger partial charge in [-0.2, -0.15) is 0 Å². The summed E-state index contributed by atoms with van der Waals surface area (Å²) in [7, 11) is 0. The molecule has 242 valence electrons. The van der Waals surface area contributed by atoms with Gasteiger partial charge in [-0.05, 0) is 82.6 Å². The van der Waals surface area contributed by atoms with E-state index < -0.39 is 5.41 Å². The minimum absolute atomic E-state index is 0.227. The first-order valence-corrected chi connectivity index (χ1v) is 17.8. The molecular weight excluding hydrogens is 619 g/mol. The maximum Gasteiger partial charge on any atom is 0.131 e. The summed E-state index contributed by atoms with van der Waals surface area (Å²) >= 11 is 0. The summed E-state index contributed by atoms with van der Waals surface area (Å²) in [6, 6.07) is 61.6. The van der Waals surface area contributed by atoms with E-state index in [4.69, 9.17) is 4.74 Å². The summed E-state index contributed by atoms with van der Waals surface area (Å²) in [5.74, 6) is 2.07. The fraction of sp³-hybridized carbons (Fsp3) is 0.0612. The van der Waals surface area contributed by atoms with Crippen LogP contribution in [0.15, 0.2) is 194 Å². The van der Waals surface area contributed by atoms with Crippen molar-refractivity contribution in [3.8, 4) is 39.4 Å². The summed E-state index contributed by atoms with van der Waals surface area (Å²) in [5.41, 5.74) is 11.7. The Morgan fingerprint density at radius 1 is 0.529 bits per heavy atom. The van der Waals surface area contributed by atoms with Gasteiger partial charge in [0.15, 0.2) is 0 Å². The van der Waals surface area contributed by atoms with E-state index in [0.29, 0.717) is 0 Å². The average molecular weight is 654 g/mol. The Balaban J connectivity index is 1.12. The highest BCUT2D eigenvalue weighted by molar-refractivity contribution is 6.15. The van der Waals surface area contributed by atoms with Gasteiger partial charge in [-0.25, -0.2) is 0 Å². The SMILES string of the molecule is C1=CCC(C2(c3ccccc3)c3ccccc3Oc3ccc(-c4ccc(-c5cccc6c5c5ccccc5n6-c5ccccc5)cc4)cc32)C=C1. The quantitative estimate of drug-likeness (QED) is 0.180. The summed E-state index contributed by atoms with van der Waals surface area (Å²) in [6.45, 7) is 0. The molecule has 51 heavy (non-hydrogen) atoms. The Labute approximate surface area is 298 Å². The molecule has 2 heterocycles. The third-order valence-electron chi connectivity index (χ3n) is 10.9. The van der Waals surface area contributed by atoms with Gasteiger partial charge in [0.05, 0.1) is 16.4 Å². The van der Waals surface area contributed by atoms with Crippen LogP contribution in [0.4, 0.5) is 0 Å². The molecule has 8 aromatic rings. The van der Waals surface area contributed by atoms with Crippen LogP contribution in [-0.4, -0.2) is 4.57 Å². The third-order valence-corrected chi connectivity index (χ3v) is 10.9. The van der Waals surface area contributed by atoms with Crippen molar-refractivity contribution in [2.45, 2.75) is 11.8 Å². The van der Waals surface area contributed by atoms with E-state index in [0.717, 1.165) is 17.9 Å². The molecule has 1 aromatic heterocycles. The first kappa shape index (κ1) is 29.5. The number of para-hydroxylation sites is 3. The smallest absolute Gasteiger partial charge is 0.131 e. The average Bonchev–Trinajstić information content (AvgIpc) is 3.55. The van der Waals surface area contributed by atoms with Crippen molar-refractivity contribution < 1.29 is 4.74 Å². The van der Waals surface area contributed by atoms with Crippen LogP contribution in [0.5, 0.6) is 11.5 Å². The number of hydrogen-bond donors (Lipinski definition) is 0. The molecule has 2 atom stereocenters. The topological polar surface area (TPSA) is 14.2 Å². The number of allylic oxidation sites excluding steroid dienone is 4. The lowest BCUT2D eigenvalue weighted by molar-refractivity contribution is 0.367. The second-order valence-corrected chi connectivity index (χ2v) is 13.6. The molecule has 0 saturated carbocycles. The molecule has 0 saturated heterocycles. The van der Waals surface area contributed by atoms with Gasteiger partial charge in [0.2, 0.25) is 0 Å². The number of benzene rings is 7. The maximum absolute atomic E-state index is 6.68. The number of aromatic nitrogens is 1. The summed E-state index contributed by atoms with van der Waals surface area (Å²) in [6.07, 6.45) is 10.0. The minimum Gasteiger partial charge on any atom is -0.457 e. The molecule has 0 bridgehead atoms. The zero-order valence-electron chi connectivity index (χ0n) is 28.1. The molecule has 2 unspecified atom stereocenters. The zero-order valence-corrected chi connectivity index (χ0v) is 28.1. The van der Waals surface area contributed by atoms with Crippen LogP contribution >= 0.6 is 0 Å². The van der Waals surface area contributed by atoms with Gasteiger partial charge in [0.1, 0.15) is 11.5 Å².